The largest absolute Gasteiger partial charge is 0.352 e. The van der Waals surface area contributed by atoms with E-state index < -0.39 is 0 Å². The highest BCUT2D eigenvalue weighted by molar-refractivity contribution is 5.94. The number of nitrogens with zero attached hydrogens (tertiary/aromatic N) is 1. The lowest BCUT2D eigenvalue weighted by atomic mass is 9.81. The lowest BCUT2D eigenvalue weighted by molar-refractivity contribution is 0.0935. The van der Waals surface area contributed by atoms with E-state index in [9.17, 15) is 4.79 Å². The van der Waals surface area contributed by atoms with Crippen LogP contribution in [-0.2, 0) is 0 Å². The Kier molecular flexibility index (Phi) is 3.19. The highest BCUT2D eigenvalue weighted by atomic mass is 16.1. The summed E-state index contributed by atoms with van der Waals surface area (Å²) in [5.74, 6) is 0.535. The summed E-state index contributed by atoms with van der Waals surface area (Å²) in [4.78, 5) is 15.8. The molecule has 1 aromatic heterocycles. The maximum Gasteiger partial charge on any atom is 0.251 e. The minimum atomic E-state index is -0.0222. The quantitative estimate of drug-likeness (QED) is 0.792. The van der Waals surface area contributed by atoms with Crippen molar-refractivity contribution in [2.45, 2.75) is 25.8 Å². The van der Waals surface area contributed by atoms with Gasteiger partial charge in [0.25, 0.3) is 5.91 Å². The van der Waals surface area contributed by atoms with Gasteiger partial charge in [0.05, 0.1) is 0 Å². The first kappa shape index (κ1) is 11.1. The second kappa shape index (κ2) is 4.61. The molecule has 0 aliphatic heterocycles. The van der Waals surface area contributed by atoms with Crippen molar-refractivity contribution in [3.8, 4) is 0 Å². The summed E-state index contributed by atoms with van der Waals surface area (Å²) >= 11 is 0. The fourth-order valence-electron chi connectivity index (χ4n) is 1.98. The number of hydrogen-bond donors (Lipinski definition) is 2. The van der Waals surface area contributed by atoms with Gasteiger partial charge in [-0.15, -0.1) is 0 Å². The van der Waals surface area contributed by atoms with Crippen molar-refractivity contribution in [2.24, 2.45) is 11.7 Å². The van der Waals surface area contributed by atoms with Crippen molar-refractivity contribution in [3.63, 3.8) is 0 Å². The Morgan fingerprint density at radius 1 is 1.62 bits per heavy atom. The molecule has 0 radical (unpaired) electrons. The topological polar surface area (TPSA) is 68.0 Å². The minimum Gasteiger partial charge on any atom is -0.352 e. The molecular formula is C12H17N3O. The van der Waals surface area contributed by atoms with Gasteiger partial charge in [-0.3, -0.25) is 9.78 Å². The zero-order chi connectivity index (χ0) is 11.5. The standard InChI is InChI=1S/C12H17N3O/c1-8-4-10(2-3-14-8)12(16)15-7-9-5-11(13)6-9/h2-4,9,11H,5-7,13H2,1H3,(H,15,16). The molecule has 1 aromatic rings. The van der Waals surface area contributed by atoms with Crippen LogP contribution in [0.25, 0.3) is 0 Å². The molecule has 86 valence electrons. The van der Waals surface area contributed by atoms with Crippen molar-refractivity contribution < 1.29 is 4.79 Å². The molecule has 4 nitrogen and oxygen atoms in total. The van der Waals surface area contributed by atoms with Crippen LogP contribution in [0.5, 0.6) is 0 Å². The van der Waals surface area contributed by atoms with Crippen LogP contribution >= 0.6 is 0 Å². The van der Waals surface area contributed by atoms with Crippen molar-refractivity contribution in [1.82, 2.24) is 10.3 Å². The number of hydrogen-bond acceptors (Lipinski definition) is 3. The molecule has 16 heavy (non-hydrogen) atoms. The molecule has 3 N–H and O–H groups in total. The van der Waals surface area contributed by atoms with Gasteiger partial charge in [-0.05, 0) is 37.8 Å². The predicted octanol–water partition coefficient (Wildman–Crippen LogP) is 0.857. The van der Waals surface area contributed by atoms with Crippen LogP contribution in [0.3, 0.4) is 0 Å². The molecule has 0 saturated heterocycles. The molecule has 0 atom stereocenters. The molecule has 1 aliphatic rings. The molecule has 1 amide bonds. The van der Waals surface area contributed by atoms with E-state index >= 15 is 0 Å². The Labute approximate surface area is 95.3 Å². The van der Waals surface area contributed by atoms with Gasteiger partial charge in [-0.2, -0.15) is 0 Å². The number of pyridine rings is 1. The Balaban J connectivity index is 1.84. The minimum absolute atomic E-state index is 0.0222. The Hall–Kier alpha value is -1.42. The molecule has 1 fully saturated rings. The first-order chi connectivity index (χ1) is 7.65. The van der Waals surface area contributed by atoms with Gasteiger partial charge in [0.2, 0.25) is 0 Å². The molecule has 4 heteroatoms. The summed E-state index contributed by atoms with van der Waals surface area (Å²) in [5.41, 5.74) is 7.22. The maximum absolute atomic E-state index is 11.8. The smallest absolute Gasteiger partial charge is 0.251 e. The third-order valence-corrected chi connectivity index (χ3v) is 2.98. The van der Waals surface area contributed by atoms with Crippen molar-refractivity contribution in [2.75, 3.05) is 6.54 Å². The number of aromatic nitrogens is 1. The number of amides is 1. The van der Waals surface area contributed by atoms with Crippen LogP contribution in [0.2, 0.25) is 0 Å². The lowest BCUT2D eigenvalue weighted by Crippen LogP contribution is -2.42. The van der Waals surface area contributed by atoms with Gasteiger partial charge in [-0.1, -0.05) is 0 Å². The van der Waals surface area contributed by atoms with Crippen molar-refractivity contribution >= 4 is 5.91 Å². The van der Waals surface area contributed by atoms with Crippen LogP contribution in [0.15, 0.2) is 18.3 Å². The number of rotatable bonds is 3. The molecule has 0 bridgehead atoms. The number of carbonyl (C=O) groups excluding carboxylic acids is 1. The van der Waals surface area contributed by atoms with Crippen LogP contribution < -0.4 is 11.1 Å². The fraction of sp³-hybridized carbons (Fsp3) is 0.500. The van der Waals surface area contributed by atoms with Gasteiger partial charge in [0, 0.05) is 30.0 Å². The second-order valence-corrected chi connectivity index (χ2v) is 4.49. The predicted molar refractivity (Wildman–Crippen MR) is 62.0 cm³/mol. The van der Waals surface area contributed by atoms with Crippen LogP contribution in [0.4, 0.5) is 0 Å². The lowest BCUT2D eigenvalue weighted by Gasteiger charge is -2.32. The van der Waals surface area contributed by atoms with E-state index in [2.05, 4.69) is 10.3 Å². The molecule has 1 aliphatic carbocycles. The monoisotopic (exact) mass is 219 g/mol. The SMILES string of the molecule is Cc1cc(C(=O)NCC2CC(N)C2)ccn1. The van der Waals surface area contributed by atoms with Gasteiger partial charge in [0.1, 0.15) is 0 Å². The zero-order valence-corrected chi connectivity index (χ0v) is 9.44. The molecule has 0 spiro atoms. The molecule has 2 rings (SSSR count). The number of nitrogens with one attached hydrogen (secondary N) is 1. The highest BCUT2D eigenvalue weighted by Gasteiger charge is 2.25. The summed E-state index contributed by atoms with van der Waals surface area (Å²) in [5, 5.41) is 2.93. The van der Waals surface area contributed by atoms with E-state index in [1.54, 1.807) is 18.3 Å². The van der Waals surface area contributed by atoms with Gasteiger partial charge in [-0.25, -0.2) is 0 Å². The van der Waals surface area contributed by atoms with E-state index in [-0.39, 0.29) is 5.91 Å². The third-order valence-electron chi connectivity index (χ3n) is 2.98. The second-order valence-electron chi connectivity index (χ2n) is 4.49. The molecule has 0 unspecified atom stereocenters. The van der Waals surface area contributed by atoms with Crippen molar-refractivity contribution in [1.29, 1.82) is 0 Å². The summed E-state index contributed by atoms with van der Waals surface area (Å²) in [6, 6.07) is 3.86. The average molecular weight is 219 g/mol. The van der Waals surface area contributed by atoms with E-state index in [0.717, 1.165) is 25.1 Å². The third kappa shape index (κ3) is 2.58. The summed E-state index contributed by atoms with van der Waals surface area (Å²) in [7, 11) is 0. The van der Waals surface area contributed by atoms with Gasteiger partial charge < -0.3 is 11.1 Å². The number of carbonyl (C=O) groups is 1. The van der Waals surface area contributed by atoms with Crippen LogP contribution in [0.1, 0.15) is 28.9 Å². The number of aryl methyl sites for hydroxylation is 1. The number of nitrogens with two attached hydrogens (primary N) is 1. The van der Waals surface area contributed by atoms with Crippen LogP contribution in [-0.4, -0.2) is 23.5 Å². The molecule has 0 aromatic carbocycles. The van der Waals surface area contributed by atoms with Crippen LogP contribution in [0, 0.1) is 12.8 Å². The van der Waals surface area contributed by atoms with Crippen molar-refractivity contribution in [3.05, 3.63) is 29.6 Å². The van der Waals surface area contributed by atoms with E-state index in [1.807, 2.05) is 6.92 Å². The summed E-state index contributed by atoms with van der Waals surface area (Å²) < 4.78 is 0. The van der Waals surface area contributed by atoms with E-state index in [4.69, 9.17) is 5.73 Å². The molecule has 1 saturated carbocycles. The normalized spacial score (nSPS) is 23.6. The summed E-state index contributed by atoms with van der Waals surface area (Å²) in [6.07, 6.45) is 3.70. The highest BCUT2D eigenvalue weighted by Crippen LogP contribution is 2.24. The van der Waals surface area contributed by atoms with Gasteiger partial charge in [0.15, 0.2) is 0 Å². The van der Waals surface area contributed by atoms with Gasteiger partial charge >= 0.3 is 0 Å². The summed E-state index contributed by atoms with van der Waals surface area (Å²) in [6.45, 7) is 2.61. The first-order valence-corrected chi connectivity index (χ1v) is 5.61. The maximum atomic E-state index is 11.8. The molecule has 1 heterocycles. The average Bonchev–Trinajstić information content (AvgIpc) is 2.22. The first-order valence-electron chi connectivity index (χ1n) is 5.61. The van der Waals surface area contributed by atoms with E-state index in [1.165, 1.54) is 0 Å². The fourth-order valence-corrected chi connectivity index (χ4v) is 1.98. The molecular weight excluding hydrogens is 202 g/mol. The Bertz CT molecular complexity index is 386. The Morgan fingerprint density at radius 2 is 2.38 bits per heavy atom. The Morgan fingerprint density at radius 3 is 3.00 bits per heavy atom. The zero-order valence-electron chi connectivity index (χ0n) is 9.44. The van der Waals surface area contributed by atoms with E-state index in [0.29, 0.717) is 17.5 Å².